The maximum Gasteiger partial charge on any atom is 0.265 e. The van der Waals surface area contributed by atoms with Crippen LogP contribution in [0.1, 0.15) is 39.5 Å². The van der Waals surface area contributed by atoms with Crippen LogP contribution in [0.2, 0.25) is 0 Å². The van der Waals surface area contributed by atoms with Crippen molar-refractivity contribution >= 4 is 23.3 Å². The van der Waals surface area contributed by atoms with Gasteiger partial charge >= 0.3 is 0 Å². The minimum absolute atomic E-state index is 0.0871. The Morgan fingerprint density at radius 3 is 2.52 bits per heavy atom. The van der Waals surface area contributed by atoms with Crippen LogP contribution >= 0.6 is 0 Å². The van der Waals surface area contributed by atoms with Gasteiger partial charge in [-0.1, -0.05) is 26.7 Å². The van der Waals surface area contributed by atoms with Crippen molar-refractivity contribution in [2.75, 3.05) is 11.4 Å². The molecule has 1 aromatic carbocycles. The number of amides is 1. The molecular formula is C19H24N2O4. The Hall–Kier alpha value is -2.63. The van der Waals surface area contributed by atoms with Gasteiger partial charge in [0.05, 0.1) is 12.8 Å². The predicted octanol–water partition coefficient (Wildman–Crippen LogP) is 3.62. The van der Waals surface area contributed by atoms with Crippen LogP contribution in [0.15, 0.2) is 36.1 Å². The lowest BCUT2D eigenvalue weighted by Gasteiger charge is -2.18. The highest BCUT2D eigenvalue weighted by molar-refractivity contribution is 6.31. The number of carbonyl (C=O) groups excluding carboxylic acids is 2. The van der Waals surface area contributed by atoms with Gasteiger partial charge in [-0.25, -0.2) is 0 Å². The van der Waals surface area contributed by atoms with Crippen LogP contribution in [0.5, 0.6) is 5.75 Å². The van der Waals surface area contributed by atoms with Crippen LogP contribution in [-0.2, 0) is 9.59 Å². The Labute approximate surface area is 147 Å². The van der Waals surface area contributed by atoms with Crippen molar-refractivity contribution in [3.8, 4) is 5.75 Å². The first-order valence-electron chi connectivity index (χ1n) is 8.57. The lowest BCUT2D eigenvalue weighted by atomic mass is 9.99. The summed E-state index contributed by atoms with van der Waals surface area (Å²) in [5, 5.41) is 17.1. The highest BCUT2D eigenvalue weighted by atomic mass is 16.5. The molecule has 0 spiro atoms. The first-order chi connectivity index (χ1) is 12.0. The predicted molar refractivity (Wildman–Crippen MR) is 96.2 cm³/mol. The van der Waals surface area contributed by atoms with Gasteiger partial charge in [-0.2, -0.15) is 0 Å². The van der Waals surface area contributed by atoms with E-state index >= 15 is 0 Å². The average molecular weight is 344 g/mol. The Morgan fingerprint density at radius 2 is 2.00 bits per heavy atom. The molecule has 0 aromatic heterocycles. The van der Waals surface area contributed by atoms with Crippen LogP contribution in [-0.4, -0.2) is 29.2 Å². The summed E-state index contributed by atoms with van der Waals surface area (Å²) in [6, 6.07) is 6.69. The van der Waals surface area contributed by atoms with Gasteiger partial charge < -0.3 is 14.7 Å². The van der Waals surface area contributed by atoms with Crippen LogP contribution in [0, 0.1) is 11.3 Å². The molecule has 0 radical (unpaired) electrons. The highest BCUT2D eigenvalue weighted by Crippen LogP contribution is 2.26. The molecule has 6 nitrogen and oxygen atoms in total. The number of nitrogens with zero attached hydrogens (tertiary/aromatic N) is 1. The fraction of sp³-hybridized carbons (Fsp3) is 0.421. The van der Waals surface area contributed by atoms with Gasteiger partial charge in [-0.05, 0) is 37.1 Å². The SMILES string of the molecule is CCCCC(CC)C(=N)Oc1ccc(N2CC(=O)/C(=C\O)C2=O)cc1. The third-order valence-corrected chi connectivity index (χ3v) is 4.35. The maximum atomic E-state index is 12.1. The largest absolute Gasteiger partial charge is 0.515 e. The first-order valence-corrected chi connectivity index (χ1v) is 8.57. The van der Waals surface area contributed by atoms with Crippen molar-refractivity contribution in [1.29, 1.82) is 5.41 Å². The van der Waals surface area contributed by atoms with Crippen molar-refractivity contribution in [1.82, 2.24) is 0 Å². The van der Waals surface area contributed by atoms with Crippen molar-refractivity contribution in [3.05, 3.63) is 36.1 Å². The minimum Gasteiger partial charge on any atom is -0.515 e. The number of carbonyl (C=O) groups is 2. The Balaban J connectivity index is 2.04. The lowest BCUT2D eigenvalue weighted by molar-refractivity contribution is -0.116. The molecule has 1 atom stereocenters. The van der Waals surface area contributed by atoms with E-state index in [9.17, 15) is 9.59 Å². The van der Waals surface area contributed by atoms with Gasteiger partial charge in [0.2, 0.25) is 0 Å². The van der Waals surface area contributed by atoms with Crippen molar-refractivity contribution in [2.24, 2.45) is 5.92 Å². The number of ether oxygens (including phenoxy) is 1. The highest BCUT2D eigenvalue weighted by Gasteiger charge is 2.34. The molecule has 1 fully saturated rings. The molecule has 1 unspecified atom stereocenters. The van der Waals surface area contributed by atoms with Crippen molar-refractivity contribution < 1.29 is 19.4 Å². The summed E-state index contributed by atoms with van der Waals surface area (Å²) in [5.41, 5.74) is 0.343. The molecule has 1 heterocycles. The first kappa shape index (κ1) is 18.7. The van der Waals surface area contributed by atoms with E-state index in [4.69, 9.17) is 15.3 Å². The second kappa shape index (κ2) is 8.46. The standard InChI is InChI=1S/C19H24N2O4/c1-3-5-6-13(4-2)18(20)25-15-9-7-14(8-10-15)21-11-17(23)16(12-22)19(21)24/h7-10,12-13,20,22H,3-6,11H2,1-2H3/b16-12+,20-18?. The van der Waals surface area contributed by atoms with E-state index in [1.54, 1.807) is 24.3 Å². The third-order valence-electron chi connectivity index (χ3n) is 4.35. The average Bonchev–Trinajstić information content (AvgIpc) is 2.90. The van der Waals surface area contributed by atoms with Crippen molar-refractivity contribution in [2.45, 2.75) is 39.5 Å². The normalized spacial score (nSPS) is 17.2. The van der Waals surface area contributed by atoms with E-state index in [2.05, 4.69) is 6.92 Å². The Kier molecular flexibility index (Phi) is 6.33. The molecule has 1 aliphatic heterocycles. The van der Waals surface area contributed by atoms with E-state index in [0.717, 1.165) is 25.7 Å². The molecule has 25 heavy (non-hydrogen) atoms. The molecular weight excluding hydrogens is 320 g/mol. The summed E-state index contributed by atoms with van der Waals surface area (Å²) >= 11 is 0. The molecule has 0 bridgehead atoms. The molecule has 1 saturated heterocycles. The molecule has 134 valence electrons. The van der Waals surface area contributed by atoms with Gasteiger partial charge in [0.1, 0.15) is 11.3 Å². The number of aliphatic hydroxyl groups excluding tert-OH is 1. The third kappa shape index (κ3) is 4.26. The number of hydrogen-bond acceptors (Lipinski definition) is 5. The van der Waals surface area contributed by atoms with E-state index < -0.39 is 11.7 Å². The molecule has 2 rings (SSSR count). The number of aliphatic hydroxyl groups is 1. The Bertz CT molecular complexity index is 679. The second-order valence-corrected chi connectivity index (χ2v) is 6.06. The monoisotopic (exact) mass is 344 g/mol. The number of ketones is 1. The zero-order chi connectivity index (χ0) is 18.4. The summed E-state index contributed by atoms with van der Waals surface area (Å²) in [7, 11) is 0. The zero-order valence-corrected chi connectivity index (χ0v) is 14.6. The molecule has 1 aliphatic rings. The van der Waals surface area contributed by atoms with E-state index in [1.807, 2.05) is 6.92 Å². The Morgan fingerprint density at radius 1 is 1.32 bits per heavy atom. The topological polar surface area (TPSA) is 90.7 Å². The lowest BCUT2D eigenvalue weighted by Crippen LogP contribution is -2.24. The van der Waals surface area contributed by atoms with Gasteiger partial charge in [-0.3, -0.25) is 15.0 Å². The fourth-order valence-electron chi connectivity index (χ4n) is 2.78. The summed E-state index contributed by atoms with van der Waals surface area (Å²) in [4.78, 5) is 25.0. The summed E-state index contributed by atoms with van der Waals surface area (Å²) in [6.07, 6.45) is 4.51. The van der Waals surface area contributed by atoms with E-state index in [-0.39, 0.29) is 23.9 Å². The van der Waals surface area contributed by atoms with Crippen LogP contribution in [0.25, 0.3) is 0 Å². The fourth-order valence-corrected chi connectivity index (χ4v) is 2.78. The number of nitrogens with one attached hydrogen (secondary N) is 1. The summed E-state index contributed by atoms with van der Waals surface area (Å²) < 4.78 is 5.63. The zero-order valence-electron chi connectivity index (χ0n) is 14.6. The van der Waals surface area contributed by atoms with Crippen LogP contribution in [0.3, 0.4) is 0 Å². The van der Waals surface area contributed by atoms with Gasteiger partial charge in [-0.15, -0.1) is 0 Å². The van der Waals surface area contributed by atoms with Crippen molar-refractivity contribution in [3.63, 3.8) is 0 Å². The van der Waals surface area contributed by atoms with Gasteiger partial charge in [0.25, 0.3) is 5.91 Å². The van der Waals surface area contributed by atoms with Gasteiger partial charge in [0, 0.05) is 11.6 Å². The van der Waals surface area contributed by atoms with Crippen LogP contribution in [0.4, 0.5) is 5.69 Å². The van der Waals surface area contributed by atoms with Crippen LogP contribution < -0.4 is 9.64 Å². The van der Waals surface area contributed by atoms with E-state index in [0.29, 0.717) is 17.7 Å². The quantitative estimate of drug-likeness (QED) is 0.260. The molecule has 1 aromatic rings. The minimum atomic E-state index is -0.514. The number of anilines is 1. The second-order valence-electron chi connectivity index (χ2n) is 6.06. The molecule has 6 heteroatoms. The molecule has 0 saturated carbocycles. The number of Topliss-reactive ketones (excluding diaryl/α,β-unsaturated/α-hetero) is 1. The molecule has 1 amide bonds. The number of rotatable bonds is 7. The number of hydrogen-bond donors (Lipinski definition) is 2. The summed E-state index contributed by atoms with van der Waals surface area (Å²) in [5.74, 6) is -0.0354. The number of benzene rings is 1. The molecule has 0 aliphatic carbocycles. The smallest absolute Gasteiger partial charge is 0.265 e. The number of unbranched alkanes of at least 4 members (excludes halogenated alkanes) is 1. The maximum absolute atomic E-state index is 12.1. The molecule has 2 N–H and O–H groups in total. The van der Waals surface area contributed by atoms with E-state index in [1.165, 1.54) is 4.90 Å². The van der Waals surface area contributed by atoms with Gasteiger partial charge in [0.15, 0.2) is 11.7 Å². The summed E-state index contributed by atoms with van der Waals surface area (Å²) in [6.45, 7) is 4.08.